The molecule has 34 heavy (non-hydrogen) atoms. The molecule has 0 spiro atoms. The van der Waals surface area contributed by atoms with E-state index in [0.717, 1.165) is 12.0 Å². The summed E-state index contributed by atoms with van der Waals surface area (Å²) in [5, 5.41) is 3.39. The van der Waals surface area contributed by atoms with Crippen molar-refractivity contribution >= 4 is 40.7 Å². The number of amides is 3. The highest BCUT2D eigenvalue weighted by atomic mass is 35.5. The van der Waals surface area contributed by atoms with E-state index in [1.165, 1.54) is 10.5 Å². The van der Waals surface area contributed by atoms with Crippen molar-refractivity contribution in [2.75, 3.05) is 10.2 Å². The molecule has 3 aromatic rings. The van der Waals surface area contributed by atoms with E-state index < -0.39 is 5.91 Å². The van der Waals surface area contributed by atoms with Gasteiger partial charge in [-0.25, -0.2) is 4.90 Å². The van der Waals surface area contributed by atoms with Crippen molar-refractivity contribution in [1.29, 1.82) is 0 Å². The van der Waals surface area contributed by atoms with Crippen LogP contribution >= 0.6 is 11.6 Å². The van der Waals surface area contributed by atoms with Crippen molar-refractivity contribution in [3.05, 3.63) is 94.5 Å². The summed E-state index contributed by atoms with van der Waals surface area (Å²) in [6, 6.07) is 22.2. The quantitative estimate of drug-likeness (QED) is 0.475. The lowest BCUT2D eigenvalue weighted by Crippen LogP contribution is -2.33. The lowest BCUT2D eigenvalue weighted by molar-refractivity contribution is -0.122. The highest BCUT2D eigenvalue weighted by molar-refractivity contribution is 6.31. The van der Waals surface area contributed by atoms with Gasteiger partial charge in [-0.3, -0.25) is 14.4 Å². The van der Waals surface area contributed by atoms with Crippen LogP contribution in [-0.4, -0.2) is 17.7 Å². The number of halogens is 1. The third-order valence-corrected chi connectivity index (χ3v) is 7.27. The Morgan fingerprint density at radius 3 is 2.41 bits per heavy atom. The van der Waals surface area contributed by atoms with Gasteiger partial charge >= 0.3 is 0 Å². The van der Waals surface area contributed by atoms with E-state index in [9.17, 15) is 14.4 Å². The van der Waals surface area contributed by atoms with Gasteiger partial charge in [0.1, 0.15) is 0 Å². The number of carbonyl (C=O) groups excluding carboxylic acids is 3. The summed E-state index contributed by atoms with van der Waals surface area (Å²) in [4.78, 5) is 41.4. The maximum atomic E-state index is 13.5. The van der Waals surface area contributed by atoms with E-state index in [2.05, 4.69) is 17.4 Å². The predicted octanol–water partition coefficient (Wildman–Crippen LogP) is 5.97. The molecule has 0 aromatic heterocycles. The minimum Gasteiger partial charge on any atom is -0.322 e. The fourth-order valence-electron chi connectivity index (χ4n) is 5.22. The molecular formula is C28H25ClN2O3. The summed E-state index contributed by atoms with van der Waals surface area (Å²) in [6.45, 7) is 1.87. The third-order valence-electron chi connectivity index (χ3n) is 7.03. The van der Waals surface area contributed by atoms with E-state index in [4.69, 9.17) is 11.6 Å². The van der Waals surface area contributed by atoms with Crippen LogP contribution in [0.2, 0.25) is 5.02 Å². The number of carbonyl (C=O) groups is 3. The van der Waals surface area contributed by atoms with Crippen LogP contribution in [0, 0.1) is 18.8 Å². The van der Waals surface area contributed by atoms with E-state index >= 15 is 0 Å². The molecule has 2 fully saturated rings. The molecule has 1 saturated carbocycles. The normalized spacial score (nSPS) is 21.9. The van der Waals surface area contributed by atoms with Crippen LogP contribution in [0.15, 0.2) is 72.8 Å². The number of benzene rings is 3. The summed E-state index contributed by atoms with van der Waals surface area (Å²) in [7, 11) is 0. The number of hydrogen-bond donors (Lipinski definition) is 1. The van der Waals surface area contributed by atoms with Crippen LogP contribution in [0.5, 0.6) is 0 Å². The van der Waals surface area contributed by atoms with E-state index in [0.29, 0.717) is 29.2 Å². The summed E-state index contributed by atoms with van der Waals surface area (Å²) in [6.07, 6.45) is 2.18. The van der Waals surface area contributed by atoms with Gasteiger partial charge in [0.25, 0.3) is 5.91 Å². The lowest BCUT2D eigenvalue weighted by atomic mass is 9.73. The van der Waals surface area contributed by atoms with Crippen molar-refractivity contribution in [3.63, 3.8) is 0 Å². The molecule has 6 heteroatoms. The minimum atomic E-state index is -0.390. The molecule has 1 heterocycles. The minimum absolute atomic E-state index is 0.208. The van der Waals surface area contributed by atoms with E-state index in [-0.39, 0.29) is 35.1 Å². The largest absolute Gasteiger partial charge is 0.322 e. The van der Waals surface area contributed by atoms with Crippen molar-refractivity contribution in [2.45, 2.75) is 32.1 Å². The average molecular weight is 473 g/mol. The molecule has 5 rings (SSSR count). The predicted molar refractivity (Wildman–Crippen MR) is 133 cm³/mol. The number of hydrogen-bond acceptors (Lipinski definition) is 3. The van der Waals surface area contributed by atoms with Gasteiger partial charge in [0.2, 0.25) is 11.8 Å². The van der Waals surface area contributed by atoms with Gasteiger partial charge in [-0.1, -0.05) is 60.1 Å². The molecule has 0 unspecified atom stereocenters. The molecule has 1 aliphatic carbocycles. The smallest absolute Gasteiger partial charge is 0.257 e. The molecule has 2 aliphatic rings. The first-order valence-corrected chi connectivity index (χ1v) is 11.9. The summed E-state index contributed by atoms with van der Waals surface area (Å²) in [5.41, 5.74) is 3.27. The first kappa shape index (κ1) is 22.4. The number of fused-ring (bicyclic) bond motifs is 1. The standard InChI is InChI=1S/C28H25ClN2O3/c1-17-11-13-20(29)16-24(17)30-26(32)22-9-5-6-10-25(22)31-27(33)21-14-12-19(15-23(21)28(31)34)18-7-3-2-4-8-18/h2-11,13,16,19,21,23H,12,14-15H2,1H3,(H,30,32)/t19-,21+,23-/m0/s1. The van der Waals surface area contributed by atoms with Gasteiger partial charge < -0.3 is 5.32 Å². The Morgan fingerprint density at radius 1 is 0.912 bits per heavy atom. The second kappa shape index (κ2) is 9.07. The number of anilines is 2. The summed E-state index contributed by atoms with van der Waals surface area (Å²) < 4.78 is 0. The van der Waals surface area contributed by atoms with Gasteiger partial charge in [0.15, 0.2) is 0 Å². The first-order chi connectivity index (χ1) is 16.4. The Morgan fingerprint density at radius 2 is 1.62 bits per heavy atom. The van der Waals surface area contributed by atoms with Gasteiger partial charge in [0.05, 0.1) is 23.1 Å². The maximum Gasteiger partial charge on any atom is 0.257 e. The highest BCUT2D eigenvalue weighted by Gasteiger charge is 2.51. The van der Waals surface area contributed by atoms with E-state index in [1.54, 1.807) is 36.4 Å². The first-order valence-electron chi connectivity index (χ1n) is 11.5. The average Bonchev–Trinajstić information content (AvgIpc) is 3.11. The van der Waals surface area contributed by atoms with Gasteiger partial charge in [-0.2, -0.15) is 0 Å². The number of nitrogens with zero attached hydrogens (tertiary/aromatic N) is 1. The Bertz CT molecular complexity index is 1270. The summed E-state index contributed by atoms with van der Waals surface area (Å²) >= 11 is 6.10. The third kappa shape index (κ3) is 4.01. The fraction of sp³-hybridized carbons (Fsp3) is 0.250. The lowest BCUT2D eigenvalue weighted by Gasteiger charge is -2.28. The molecule has 0 radical (unpaired) electrons. The highest BCUT2D eigenvalue weighted by Crippen LogP contribution is 2.46. The molecule has 172 valence electrons. The molecule has 1 saturated heterocycles. The SMILES string of the molecule is Cc1ccc(Cl)cc1NC(=O)c1ccccc1N1C(=O)[C@H]2C[C@@H](c3ccccc3)CC[C@H]2C1=O. The van der Waals surface area contributed by atoms with Gasteiger partial charge in [-0.15, -0.1) is 0 Å². The molecule has 3 aromatic carbocycles. The zero-order valence-corrected chi connectivity index (χ0v) is 19.6. The van der Waals surface area contributed by atoms with Gasteiger partial charge in [0, 0.05) is 10.7 Å². The molecule has 3 amide bonds. The van der Waals surface area contributed by atoms with Crippen LogP contribution in [0.3, 0.4) is 0 Å². The summed E-state index contributed by atoms with van der Waals surface area (Å²) in [5.74, 6) is -1.26. The zero-order chi connectivity index (χ0) is 23.8. The molecule has 0 bridgehead atoms. The van der Waals surface area contributed by atoms with Crippen LogP contribution in [0.25, 0.3) is 0 Å². The number of rotatable bonds is 4. The number of para-hydroxylation sites is 1. The van der Waals surface area contributed by atoms with E-state index in [1.807, 2.05) is 31.2 Å². The Balaban J connectivity index is 1.42. The fourth-order valence-corrected chi connectivity index (χ4v) is 5.40. The zero-order valence-electron chi connectivity index (χ0n) is 18.8. The van der Waals surface area contributed by atoms with Gasteiger partial charge in [-0.05, 0) is 67.5 Å². The molecule has 1 N–H and O–H groups in total. The molecular weight excluding hydrogens is 448 g/mol. The number of nitrogens with one attached hydrogen (secondary N) is 1. The Hall–Kier alpha value is -3.44. The Labute approximate surface area is 203 Å². The molecule has 5 nitrogen and oxygen atoms in total. The monoisotopic (exact) mass is 472 g/mol. The van der Waals surface area contributed by atoms with Crippen LogP contribution in [0.1, 0.15) is 46.7 Å². The Kier molecular flexibility index (Phi) is 5.96. The van der Waals surface area contributed by atoms with Crippen molar-refractivity contribution in [1.82, 2.24) is 0 Å². The molecule has 3 atom stereocenters. The number of imide groups is 1. The van der Waals surface area contributed by atoms with Crippen molar-refractivity contribution in [2.24, 2.45) is 11.8 Å². The second-order valence-corrected chi connectivity index (χ2v) is 9.51. The maximum absolute atomic E-state index is 13.5. The second-order valence-electron chi connectivity index (χ2n) is 9.08. The number of aryl methyl sites for hydroxylation is 1. The van der Waals surface area contributed by atoms with Crippen LogP contribution < -0.4 is 10.2 Å². The van der Waals surface area contributed by atoms with Crippen molar-refractivity contribution < 1.29 is 14.4 Å². The van der Waals surface area contributed by atoms with Crippen LogP contribution in [0.4, 0.5) is 11.4 Å². The van der Waals surface area contributed by atoms with Crippen molar-refractivity contribution in [3.8, 4) is 0 Å². The van der Waals surface area contributed by atoms with Crippen LogP contribution in [-0.2, 0) is 9.59 Å². The molecule has 1 aliphatic heterocycles. The topological polar surface area (TPSA) is 66.5 Å².